The summed E-state index contributed by atoms with van der Waals surface area (Å²) < 4.78 is 2.30. The number of carbonyl (C=O) groups is 1. The van der Waals surface area contributed by atoms with E-state index in [1.54, 1.807) is 24.5 Å². The van der Waals surface area contributed by atoms with Gasteiger partial charge in [-0.05, 0) is 54.2 Å². The number of hydrogen-bond acceptors (Lipinski definition) is 3. The maximum absolute atomic E-state index is 12.2. The number of carbonyl (C=O) groups excluding carboxylic acids is 1. The Balaban J connectivity index is 1.45. The van der Waals surface area contributed by atoms with Crippen molar-refractivity contribution in [1.82, 2.24) is 19.9 Å². The minimum absolute atomic E-state index is 0.0673. The van der Waals surface area contributed by atoms with Gasteiger partial charge in [-0.25, -0.2) is 4.98 Å². The fourth-order valence-corrected chi connectivity index (χ4v) is 3.92. The Morgan fingerprint density at radius 2 is 1.78 bits per heavy atom. The van der Waals surface area contributed by atoms with E-state index in [4.69, 9.17) is 4.98 Å². The number of fused-ring (bicyclic) bond motifs is 1. The molecule has 0 saturated heterocycles. The van der Waals surface area contributed by atoms with Gasteiger partial charge in [0.15, 0.2) is 0 Å². The molecule has 1 unspecified atom stereocenters. The second kappa shape index (κ2) is 10.2. The Morgan fingerprint density at radius 3 is 2.53 bits per heavy atom. The lowest BCUT2D eigenvalue weighted by Gasteiger charge is -2.12. The van der Waals surface area contributed by atoms with E-state index < -0.39 is 0 Å². The summed E-state index contributed by atoms with van der Waals surface area (Å²) >= 11 is 0. The molecule has 0 radical (unpaired) electrons. The summed E-state index contributed by atoms with van der Waals surface area (Å²) in [6.45, 7) is 5.89. The molecule has 0 fully saturated rings. The van der Waals surface area contributed by atoms with E-state index in [0.29, 0.717) is 18.0 Å². The van der Waals surface area contributed by atoms with E-state index in [0.717, 1.165) is 42.7 Å². The highest BCUT2D eigenvalue weighted by Crippen LogP contribution is 2.22. The van der Waals surface area contributed by atoms with Gasteiger partial charge in [0.25, 0.3) is 5.91 Å². The van der Waals surface area contributed by atoms with Gasteiger partial charge in [0.2, 0.25) is 0 Å². The van der Waals surface area contributed by atoms with E-state index in [2.05, 4.69) is 71.2 Å². The summed E-state index contributed by atoms with van der Waals surface area (Å²) in [7, 11) is 0. The zero-order valence-corrected chi connectivity index (χ0v) is 18.8. The van der Waals surface area contributed by atoms with Gasteiger partial charge in [-0.2, -0.15) is 0 Å². The summed E-state index contributed by atoms with van der Waals surface area (Å²) in [5, 5.41) is 2.99. The Labute approximate surface area is 189 Å². The standard InChI is InChI=1S/C27H30N4O/c1-3-20(2)22-12-10-21(11-13-22)19-31-25-8-5-4-7-24(25)30-26(31)9-6-16-29-27(32)23-14-17-28-18-15-23/h4-5,7-8,10-15,17-18,20H,3,6,9,16,19H2,1-2H3,(H,29,32). The van der Waals surface area contributed by atoms with Crippen molar-refractivity contribution in [1.29, 1.82) is 0 Å². The van der Waals surface area contributed by atoms with E-state index in [-0.39, 0.29) is 5.91 Å². The Bertz CT molecular complexity index is 1170. The quantitative estimate of drug-likeness (QED) is 0.367. The van der Waals surface area contributed by atoms with Crippen LogP contribution in [0.1, 0.15) is 59.9 Å². The van der Waals surface area contributed by atoms with Crippen molar-refractivity contribution in [3.63, 3.8) is 0 Å². The molecule has 0 aliphatic rings. The van der Waals surface area contributed by atoms with Crippen LogP contribution in [-0.2, 0) is 13.0 Å². The van der Waals surface area contributed by atoms with E-state index in [1.807, 2.05) is 6.07 Å². The molecule has 4 rings (SSSR count). The van der Waals surface area contributed by atoms with Crippen molar-refractivity contribution >= 4 is 16.9 Å². The van der Waals surface area contributed by atoms with Crippen LogP contribution in [-0.4, -0.2) is 27.0 Å². The molecule has 2 heterocycles. The molecule has 1 atom stereocenters. The molecule has 0 aliphatic heterocycles. The molecule has 1 N–H and O–H groups in total. The number of amides is 1. The van der Waals surface area contributed by atoms with Crippen LogP contribution in [0.25, 0.3) is 11.0 Å². The molecule has 2 aromatic heterocycles. The minimum Gasteiger partial charge on any atom is -0.352 e. The van der Waals surface area contributed by atoms with Gasteiger partial charge >= 0.3 is 0 Å². The summed E-state index contributed by atoms with van der Waals surface area (Å²) in [6.07, 6.45) is 6.04. The number of hydrogen-bond donors (Lipinski definition) is 1. The van der Waals surface area contributed by atoms with Crippen molar-refractivity contribution in [3.8, 4) is 0 Å². The van der Waals surface area contributed by atoms with Gasteiger partial charge in [-0.3, -0.25) is 9.78 Å². The monoisotopic (exact) mass is 426 g/mol. The van der Waals surface area contributed by atoms with Crippen LogP contribution in [0.15, 0.2) is 73.1 Å². The Kier molecular flexibility index (Phi) is 6.95. The van der Waals surface area contributed by atoms with Crippen molar-refractivity contribution in [3.05, 3.63) is 95.6 Å². The molecule has 4 aromatic rings. The van der Waals surface area contributed by atoms with Crippen molar-refractivity contribution in [2.45, 2.75) is 45.6 Å². The van der Waals surface area contributed by atoms with Crippen LogP contribution in [0.2, 0.25) is 0 Å². The maximum Gasteiger partial charge on any atom is 0.251 e. The molecule has 0 bridgehead atoms. The largest absolute Gasteiger partial charge is 0.352 e. The van der Waals surface area contributed by atoms with Gasteiger partial charge in [0.05, 0.1) is 11.0 Å². The van der Waals surface area contributed by atoms with Gasteiger partial charge in [0.1, 0.15) is 5.82 Å². The predicted octanol–water partition coefficient (Wildman–Crippen LogP) is 5.36. The van der Waals surface area contributed by atoms with E-state index in [1.165, 1.54) is 11.1 Å². The number of rotatable bonds is 9. The second-order valence-electron chi connectivity index (χ2n) is 8.25. The molecule has 2 aromatic carbocycles. The van der Waals surface area contributed by atoms with E-state index in [9.17, 15) is 4.79 Å². The number of nitrogens with one attached hydrogen (secondary N) is 1. The third-order valence-corrected chi connectivity index (χ3v) is 6.04. The molecule has 164 valence electrons. The first-order valence-corrected chi connectivity index (χ1v) is 11.4. The summed E-state index contributed by atoms with van der Waals surface area (Å²) in [5.41, 5.74) is 5.45. The average Bonchev–Trinajstić information content (AvgIpc) is 3.19. The lowest BCUT2D eigenvalue weighted by molar-refractivity contribution is 0.0953. The number of benzene rings is 2. The topological polar surface area (TPSA) is 59.8 Å². The summed E-state index contributed by atoms with van der Waals surface area (Å²) in [4.78, 5) is 21.1. The van der Waals surface area contributed by atoms with Crippen LogP contribution < -0.4 is 5.32 Å². The number of para-hydroxylation sites is 2. The molecule has 0 aliphatic carbocycles. The van der Waals surface area contributed by atoms with Crippen LogP contribution in [0.5, 0.6) is 0 Å². The van der Waals surface area contributed by atoms with Gasteiger partial charge < -0.3 is 9.88 Å². The number of nitrogens with zero attached hydrogens (tertiary/aromatic N) is 3. The number of aromatic nitrogens is 3. The van der Waals surface area contributed by atoms with Crippen molar-refractivity contribution in [2.75, 3.05) is 6.54 Å². The molecule has 1 amide bonds. The maximum atomic E-state index is 12.2. The van der Waals surface area contributed by atoms with Crippen LogP contribution in [0, 0.1) is 0 Å². The first-order valence-electron chi connectivity index (χ1n) is 11.4. The van der Waals surface area contributed by atoms with Crippen molar-refractivity contribution in [2.24, 2.45) is 0 Å². The smallest absolute Gasteiger partial charge is 0.251 e. The zero-order chi connectivity index (χ0) is 22.3. The summed E-state index contributed by atoms with van der Waals surface area (Å²) in [6, 6.07) is 20.7. The summed E-state index contributed by atoms with van der Waals surface area (Å²) in [5.74, 6) is 1.56. The number of imidazole rings is 1. The Morgan fingerprint density at radius 1 is 1.03 bits per heavy atom. The van der Waals surface area contributed by atoms with Crippen molar-refractivity contribution < 1.29 is 4.79 Å². The fourth-order valence-electron chi connectivity index (χ4n) is 3.92. The van der Waals surface area contributed by atoms with Gasteiger partial charge in [-0.15, -0.1) is 0 Å². The first kappa shape index (κ1) is 21.8. The normalized spacial score (nSPS) is 12.1. The highest BCUT2D eigenvalue weighted by molar-refractivity contribution is 5.93. The molecular formula is C27H30N4O. The lowest BCUT2D eigenvalue weighted by atomic mass is 9.97. The van der Waals surface area contributed by atoms with Crippen LogP contribution in [0.4, 0.5) is 0 Å². The third kappa shape index (κ3) is 5.05. The zero-order valence-electron chi connectivity index (χ0n) is 18.8. The molecule has 0 spiro atoms. The SMILES string of the molecule is CCC(C)c1ccc(Cn2c(CCCNC(=O)c3ccncc3)nc3ccccc32)cc1. The molecule has 5 nitrogen and oxygen atoms in total. The predicted molar refractivity (Wildman–Crippen MR) is 129 cm³/mol. The van der Waals surface area contributed by atoms with Gasteiger partial charge in [-0.1, -0.05) is 50.2 Å². The first-order chi connectivity index (χ1) is 15.7. The van der Waals surface area contributed by atoms with Gasteiger partial charge in [0, 0.05) is 37.5 Å². The second-order valence-corrected chi connectivity index (χ2v) is 8.25. The lowest BCUT2D eigenvalue weighted by Crippen LogP contribution is -2.25. The Hall–Kier alpha value is -3.47. The highest BCUT2D eigenvalue weighted by Gasteiger charge is 2.12. The molecule has 0 saturated carbocycles. The van der Waals surface area contributed by atoms with E-state index >= 15 is 0 Å². The van der Waals surface area contributed by atoms with Crippen LogP contribution in [0.3, 0.4) is 0 Å². The average molecular weight is 427 g/mol. The number of pyridine rings is 1. The third-order valence-electron chi connectivity index (χ3n) is 6.04. The fraction of sp³-hybridized carbons (Fsp3) is 0.296. The molecule has 5 heteroatoms. The minimum atomic E-state index is -0.0673. The molecule has 32 heavy (non-hydrogen) atoms. The highest BCUT2D eigenvalue weighted by atomic mass is 16.1. The number of aryl methyl sites for hydroxylation is 1. The molecular weight excluding hydrogens is 396 g/mol. The van der Waals surface area contributed by atoms with Crippen LogP contribution >= 0.6 is 0 Å².